The van der Waals surface area contributed by atoms with E-state index in [1.165, 1.54) is 5.56 Å². The quantitative estimate of drug-likeness (QED) is 0.488. The third kappa shape index (κ3) is 3.40. The lowest BCUT2D eigenvalue weighted by Gasteiger charge is -2.06. The molecule has 2 aromatic heterocycles. The molecule has 1 amide bonds. The third-order valence-corrected chi connectivity index (χ3v) is 5.05. The van der Waals surface area contributed by atoms with Crippen LogP contribution in [0.4, 0.5) is 0 Å². The van der Waals surface area contributed by atoms with Gasteiger partial charge in [-0.15, -0.1) is 0 Å². The van der Waals surface area contributed by atoms with E-state index in [4.69, 9.17) is 4.74 Å². The summed E-state index contributed by atoms with van der Waals surface area (Å²) in [4.78, 5) is 19.0. The van der Waals surface area contributed by atoms with Gasteiger partial charge in [-0.05, 0) is 48.7 Å². The number of ether oxygens (including phenoxy) is 1. The molecule has 4 rings (SSSR count). The molecule has 0 spiro atoms. The number of rotatable bonds is 6. The van der Waals surface area contributed by atoms with E-state index in [2.05, 4.69) is 22.2 Å². The normalized spacial score (nSPS) is 11.2. The fourth-order valence-corrected chi connectivity index (χ4v) is 3.65. The van der Waals surface area contributed by atoms with Crippen LogP contribution < -0.4 is 10.1 Å². The van der Waals surface area contributed by atoms with Gasteiger partial charge in [-0.25, -0.2) is 0 Å². The predicted octanol–water partition coefficient (Wildman–Crippen LogP) is 3.87. The molecule has 0 aliphatic rings. The van der Waals surface area contributed by atoms with Crippen LogP contribution in [-0.2, 0) is 17.6 Å². The number of aromatic amines is 2. The molecule has 5 heteroatoms. The highest BCUT2D eigenvalue weighted by atomic mass is 16.5. The van der Waals surface area contributed by atoms with Crippen molar-refractivity contribution in [1.82, 2.24) is 15.3 Å². The van der Waals surface area contributed by atoms with Crippen molar-refractivity contribution in [2.45, 2.75) is 19.8 Å². The summed E-state index contributed by atoms with van der Waals surface area (Å²) < 4.78 is 5.34. The Bertz CT molecular complexity index is 1110. The Morgan fingerprint density at radius 2 is 1.96 bits per heavy atom. The molecule has 138 valence electrons. The highest BCUT2D eigenvalue weighted by molar-refractivity contribution is 5.89. The van der Waals surface area contributed by atoms with Gasteiger partial charge in [0, 0.05) is 40.2 Å². The van der Waals surface area contributed by atoms with Crippen LogP contribution in [0.5, 0.6) is 5.75 Å². The number of carbonyl (C=O) groups excluding carboxylic acids is 1. The van der Waals surface area contributed by atoms with Crippen LogP contribution in [0.25, 0.3) is 21.8 Å². The van der Waals surface area contributed by atoms with Gasteiger partial charge in [-0.1, -0.05) is 18.2 Å². The zero-order valence-electron chi connectivity index (χ0n) is 15.6. The maximum atomic E-state index is 12.4. The van der Waals surface area contributed by atoms with Crippen molar-refractivity contribution in [2.24, 2.45) is 0 Å². The van der Waals surface area contributed by atoms with Crippen molar-refractivity contribution >= 4 is 27.7 Å². The van der Waals surface area contributed by atoms with Gasteiger partial charge in [-0.3, -0.25) is 4.79 Å². The van der Waals surface area contributed by atoms with Crippen molar-refractivity contribution in [3.8, 4) is 5.75 Å². The lowest BCUT2D eigenvalue weighted by Crippen LogP contribution is -2.27. The molecule has 0 aliphatic heterocycles. The third-order valence-electron chi connectivity index (χ3n) is 5.05. The van der Waals surface area contributed by atoms with Gasteiger partial charge in [0.25, 0.3) is 0 Å². The number of para-hydroxylation sites is 1. The van der Waals surface area contributed by atoms with Crippen molar-refractivity contribution in [2.75, 3.05) is 13.7 Å². The zero-order chi connectivity index (χ0) is 18.8. The molecular formula is C22H23N3O2. The first-order valence-electron chi connectivity index (χ1n) is 9.12. The molecule has 27 heavy (non-hydrogen) atoms. The number of hydrogen-bond acceptors (Lipinski definition) is 2. The van der Waals surface area contributed by atoms with Gasteiger partial charge in [-0.2, -0.15) is 0 Å². The van der Waals surface area contributed by atoms with Crippen molar-refractivity contribution in [1.29, 1.82) is 0 Å². The van der Waals surface area contributed by atoms with E-state index >= 15 is 0 Å². The SMILES string of the molecule is COc1ccc2[nH]c(C)c(CCNC(=O)Cc3c[nH]c4ccccc34)c2c1. The number of aromatic nitrogens is 2. The van der Waals surface area contributed by atoms with E-state index in [1.54, 1.807) is 7.11 Å². The summed E-state index contributed by atoms with van der Waals surface area (Å²) >= 11 is 0. The molecule has 0 bridgehead atoms. The van der Waals surface area contributed by atoms with Gasteiger partial charge in [0.05, 0.1) is 13.5 Å². The van der Waals surface area contributed by atoms with E-state index in [0.717, 1.165) is 45.2 Å². The Balaban J connectivity index is 1.41. The number of fused-ring (bicyclic) bond motifs is 2. The Labute approximate surface area is 157 Å². The summed E-state index contributed by atoms with van der Waals surface area (Å²) in [6.45, 7) is 2.67. The van der Waals surface area contributed by atoms with Crippen molar-refractivity contribution in [3.63, 3.8) is 0 Å². The first-order valence-corrected chi connectivity index (χ1v) is 9.12. The van der Waals surface area contributed by atoms with Crippen LogP contribution in [0.3, 0.4) is 0 Å². The summed E-state index contributed by atoms with van der Waals surface area (Å²) in [5.41, 5.74) is 5.52. The van der Waals surface area contributed by atoms with Gasteiger partial charge in [0.1, 0.15) is 5.75 Å². The Morgan fingerprint density at radius 1 is 1.11 bits per heavy atom. The monoisotopic (exact) mass is 361 g/mol. The van der Waals surface area contributed by atoms with Gasteiger partial charge in [0.15, 0.2) is 0 Å². The number of H-pyrrole nitrogens is 2. The van der Waals surface area contributed by atoms with E-state index in [9.17, 15) is 4.79 Å². The molecule has 3 N–H and O–H groups in total. The minimum absolute atomic E-state index is 0.0369. The number of methoxy groups -OCH3 is 1. The molecule has 0 radical (unpaired) electrons. The largest absolute Gasteiger partial charge is 0.497 e. The second-order valence-electron chi connectivity index (χ2n) is 6.78. The Hall–Kier alpha value is -3.21. The highest BCUT2D eigenvalue weighted by Crippen LogP contribution is 2.26. The minimum Gasteiger partial charge on any atom is -0.497 e. The van der Waals surface area contributed by atoms with Crippen LogP contribution in [0.15, 0.2) is 48.7 Å². The topological polar surface area (TPSA) is 69.9 Å². The number of hydrogen-bond donors (Lipinski definition) is 3. The second-order valence-corrected chi connectivity index (χ2v) is 6.78. The Kier molecular flexibility index (Phi) is 4.59. The molecule has 2 aromatic carbocycles. The lowest BCUT2D eigenvalue weighted by atomic mass is 10.1. The summed E-state index contributed by atoms with van der Waals surface area (Å²) in [6, 6.07) is 14.1. The summed E-state index contributed by atoms with van der Waals surface area (Å²) in [7, 11) is 1.67. The lowest BCUT2D eigenvalue weighted by molar-refractivity contribution is -0.120. The molecule has 0 unspecified atom stereocenters. The summed E-state index contributed by atoms with van der Waals surface area (Å²) in [5, 5.41) is 5.30. The van der Waals surface area contributed by atoms with Crippen LogP contribution in [0.2, 0.25) is 0 Å². The smallest absolute Gasteiger partial charge is 0.224 e. The van der Waals surface area contributed by atoms with E-state index in [-0.39, 0.29) is 5.91 Å². The molecule has 0 aliphatic carbocycles. The van der Waals surface area contributed by atoms with Crippen LogP contribution in [0, 0.1) is 6.92 Å². The number of amides is 1. The van der Waals surface area contributed by atoms with E-state index in [1.807, 2.05) is 48.7 Å². The summed E-state index contributed by atoms with van der Waals surface area (Å²) in [5.74, 6) is 0.876. The van der Waals surface area contributed by atoms with Crippen LogP contribution in [0.1, 0.15) is 16.8 Å². The minimum atomic E-state index is 0.0369. The zero-order valence-corrected chi connectivity index (χ0v) is 15.6. The molecular weight excluding hydrogens is 338 g/mol. The standard InChI is InChI=1S/C22H23N3O2/c1-14-17(19-12-16(27-2)7-8-21(19)25-14)9-10-23-22(26)11-15-13-24-20-6-4-3-5-18(15)20/h3-8,12-13,24-25H,9-11H2,1-2H3,(H,23,26). The van der Waals surface area contributed by atoms with Gasteiger partial charge in [0.2, 0.25) is 5.91 Å². The van der Waals surface area contributed by atoms with E-state index < -0.39 is 0 Å². The Morgan fingerprint density at radius 3 is 2.81 bits per heavy atom. The second kappa shape index (κ2) is 7.19. The van der Waals surface area contributed by atoms with E-state index in [0.29, 0.717) is 13.0 Å². The molecule has 0 atom stereocenters. The molecule has 0 saturated heterocycles. The highest BCUT2D eigenvalue weighted by Gasteiger charge is 2.11. The average molecular weight is 361 g/mol. The number of nitrogens with one attached hydrogen (secondary N) is 3. The van der Waals surface area contributed by atoms with Gasteiger partial charge < -0.3 is 20.0 Å². The number of benzene rings is 2. The fourth-order valence-electron chi connectivity index (χ4n) is 3.65. The first-order chi connectivity index (χ1) is 13.2. The molecule has 0 saturated carbocycles. The average Bonchev–Trinajstić information content (AvgIpc) is 3.22. The molecule has 5 nitrogen and oxygen atoms in total. The summed E-state index contributed by atoms with van der Waals surface area (Å²) in [6.07, 6.45) is 3.07. The fraction of sp³-hybridized carbons (Fsp3) is 0.227. The van der Waals surface area contributed by atoms with Gasteiger partial charge >= 0.3 is 0 Å². The van der Waals surface area contributed by atoms with Crippen LogP contribution >= 0.6 is 0 Å². The molecule has 0 fully saturated rings. The number of carbonyl (C=O) groups is 1. The maximum absolute atomic E-state index is 12.4. The maximum Gasteiger partial charge on any atom is 0.224 e. The van der Waals surface area contributed by atoms with Crippen molar-refractivity contribution < 1.29 is 9.53 Å². The first kappa shape index (κ1) is 17.2. The van der Waals surface area contributed by atoms with Crippen LogP contribution in [-0.4, -0.2) is 29.5 Å². The molecule has 2 heterocycles. The van der Waals surface area contributed by atoms with Crippen molar-refractivity contribution in [3.05, 3.63) is 65.5 Å². The predicted molar refractivity (Wildman–Crippen MR) is 108 cm³/mol. The molecule has 4 aromatic rings. The number of aryl methyl sites for hydroxylation is 1.